The van der Waals surface area contributed by atoms with Crippen LogP contribution in [0.25, 0.3) is 0 Å². The number of hydrogen-bond acceptors (Lipinski definition) is 4. The standard InChI is InChI=1S/C6H9NO4/c1-2-7-5(6(10)11)4(9)3-8/h8H,2-3H2,1H3,(H,10,11). The van der Waals surface area contributed by atoms with Crippen LogP contribution in [0.15, 0.2) is 4.99 Å². The van der Waals surface area contributed by atoms with Crippen molar-refractivity contribution in [2.75, 3.05) is 13.2 Å². The molecule has 0 aliphatic heterocycles. The van der Waals surface area contributed by atoms with E-state index in [0.29, 0.717) is 0 Å². The molecule has 0 unspecified atom stereocenters. The summed E-state index contributed by atoms with van der Waals surface area (Å²) >= 11 is 0. The molecular weight excluding hydrogens is 150 g/mol. The molecule has 62 valence electrons. The van der Waals surface area contributed by atoms with Crippen molar-refractivity contribution < 1.29 is 19.8 Å². The van der Waals surface area contributed by atoms with Gasteiger partial charge < -0.3 is 10.2 Å². The average Bonchev–Trinajstić information content (AvgIpc) is 1.98. The summed E-state index contributed by atoms with van der Waals surface area (Å²) in [5.41, 5.74) is -0.588. The van der Waals surface area contributed by atoms with Crippen LogP contribution in [-0.2, 0) is 9.59 Å². The molecular formula is C6H9NO4. The zero-order valence-electron chi connectivity index (χ0n) is 6.07. The van der Waals surface area contributed by atoms with Crippen molar-refractivity contribution in [1.29, 1.82) is 0 Å². The van der Waals surface area contributed by atoms with Crippen LogP contribution in [0.3, 0.4) is 0 Å². The molecule has 0 aliphatic carbocycles. The van der Waals surface area contributed by atoms with Crippen LogP contribution in [0.2, 0.25) is 0 Å². The molecule has 0 heterocycles. The van der Waals surface area contributed by atoms with Crippen LogP contribution in [0.5, 0.6) is 0 Å². The van der Waals surface area contributed by atoms with Gasteiger partial charge in [-0.3, -0.25) is 9.79 Å². The second-order valence-electron chi connectivity index (χ2n) is 1.71. The van der Waals surface area contributed by atoms with Crippen molar-refractivity contribution >= 4 is 17.5 Å². The summed E-state index contributed by atoms with van der Waals surface area (Å²) in [4.78, 5) is 24.2. The van der Waals surface area contributed by atoms with Gasteiger partial charge in [-0.05, 0) is 6.92 Å². The van der Waals surface area contributed by atoms with Gasteiger partial charge in [0.05, 0.1) is 0 Å². The minimum atomic E-state index is -1.40. The van der Waals surface area contributed by atoms with Crippen molar-refractivity contribution in [1.82, 2.24) is 0 Å². The minimum absolute atomic E-state index is 0.216. The smallest absolute Gasteiger partial charge is 0.357 e. The zero-order valence-corrected chi connectivity index (χ0v) is 6.07. The van der Waals surface area contributed by atoms with E-state index in [2.05, 4.69) is 4.99 Å². The van der Waals surface area contributed by atoms with Crippen LogP contribution in [-0.4, -0.2) is 40.8 Å². The summed E-state index contributed by atoms with van der Waals surface area (Å²) in [6.45, 7) is 1.01. The highest BCUT2D eigenvalue weighted by molar-refractivity contribution is 6.64. The SMILES string of the molecule is CCN=C(C(=O)O)C(=O)CO. The first-order valence-electron chi connectivity index (χ1n) is 3.05. The number of carboxylic acid groups (broad SMARTS) is 1. The van der Waals surface area contributed by atoms with Gasteiger partial charge >= 0.3 is 5.97 Å². The van der Waals surface area contributed by atoms with E-state index in [-0.39, 0.29) is 6.54 Å². The Morgan fingerprint density at radius 3 is 2.27 bits per heavy atom. The Morgan fingerprint density at radius 1 is 1.45 bits per heavy atom. The summed E-state index contributed by atoms with van der Waals surface area (Å²) in [6, 6.07) is 0. The molecule has 0 atom stereocenters. The van der Waals surface area contributed by atoms with Gasteiger partial charge in [0.25, 0.3) is 0 Å². The maximum atomic E-state index is 10.6. The van der Waals surface area contributed by atoms with E-state index in [9.17, 15) is 9.59 Å². The highest BCUT2D eigenvalue weighted by atomic mass is 16.4. The normalized spacial score (nSPS) is 11.3. The second kappa shape index (κ2) is 4.56. The lowest BCUT2D eigenvalue weighted by Crippen LogP contribution is -2.26. The lowest BCUT2D eigenvalue weighted by Gasteiger charge is -1.94. The number of carbonyl (C=O) groups is 2. The molecule has 5 heteroatoms. The Kier molecular flexibility index (Phi) is 4.05. The number of Topliss-reactive ketones (excluding diaryl/α,β-unsaturated/α-hetero) is 1. The topological polar surface area (TPSA) is 87.0 Å². The Bertz CT molecular complexity index is 197. The fraction of sp³-hybridized carbons (Fsp3) is 0.500. The maximum absolute atomic E-state index is 10.6. The predicted octanol–water partition coefficient (Wildman–Crippen LogP) is -0.907. The molecule has 0 aromatic rings. The lowest BCUT2D eigenvalue weighted by molar-refractivity contribution is -0.130. The Balaban J connectivity index is 4.48. The Hall–Kier alpha value is -1.23. The van der Waals surface area contributed by atoms with Crippen LogP contribution in [0.4, 0.5) is 0 Å². The van der Waals surface area contributed by atoms with E-state index in [1.807, 2.05) is 0 Å². The van der Waals surface area contributed by atoms with Gasteiger partial charge in [-0.25, -0.2) is 4.79 Å². The number of aliphatic imine (C=N–C) groups is 1. The van der Waals surface area contributed by atoms with Crippen LogP contribution in [0.1, 0.15) is 6.92 Å². The third kappa shape index (κ3) is 2.90. The molecule has 0 saturated heterocycles. The van der Waals surface area contributed by atoms with Crippen LogP contribution < -0.4 is 0 Å². The zero-order chi connectivity index (χ0) is 8.85. The first kappa shape index (κ1) is 9.77. The molecule has 0 saturated carbocycles. The molecule has 0 aromatic heterocycles. The summed E-state index contributed by atoms with van der Waals surface area (Å²) in [7, 11) is 0. The van der Waals surface area contributed by atoms with Gasteiger partial charge in [0, 0.05) is 6.54 Å². The van der Waals surface area contributed by atoms with Crippen molar-refractivity contribution in [3.05, 3.63) is 0 Å². The van der Waals surface area contributed by atoms with Gasteiger partial charge in [0.15, 0.2) is 5.71 Å². The van der Waals surface area contributed by atoms with E-state index in [0.717, 1.165) is 0 Å². The molecule has 0 aromatic carbocycles. The molecule has 0 rings (SSSR count). The van der Waals surface area contributed by atoms with Crippen molar-refractivity contribution in [3.63, 3.8) is 0 Å². The Morgan fingerprint density at radius 2 is 2.00 bits per heavy atom. The summed E-state index contributed by atoms with van der Waals surface area (Å²) in [5, 5.41) is 16.6. The van der Waals surface area contributed by atoms with Crippen LogP contribution in [0, 0.1) is 0 Å². The fourth-order valence-electron chi connectivity index (χ4n) is 0.508. The van der Waals surface area contributed by atoms with E-state index in [1.54, 1.807) is 6.92 Å². The maximum Gasteiger partial charge on any atom is 0.357 e. The summed E-state index contributed by atoms with van der Waals surface area (Å²) < 4.78 is 0. The van der Waals surface area contributed by atoms with Crippen molar-refractivity contribution in [3.8, 4) is 0 Å². The first-order chi connectivity index (χ1) is 5.13. The van der Waals surface area contributed by atoms with Gasteiger partial charge in [0.1, 0.15) is 6.61 Å². The molecule has 0 spiro atoms. The molecule has 0 bridgehead atoms. The van der Waals surface area contributed by atoms with Gasteiger partial charge in [0.2, 0.25) is 5.78 Å². The number of aliphatic hydroxyl groups is 1. The predicted molar refractivity (Wildman–Crippen MR) is 37.7 cm³/mol. The van der Waals surface area contributed by atoms with Crippen molar-refractivity contribution in [2.24, 2.45) is 4.99 Å². The minimum Gasteiger partial charge on any atom is -0.476 e. The summed E-state index contributed by atoms with van der Waals surface area (Å²) in [5.74, 6) is -2.26. The molecule has 2 N–H and O–H groups in total. The highest BCUT2D eigenvalue weighted by Crippen LogP contribution is 1.83. The summed E-state index contributed by atoms with van der Waals surface area (Å²) in [6.07, 6.45) is 0. The van der Waals surface area contributed by atoms with Crippen LogP contribution >= 0.6 is 0 Å². The molecule has 0 amide bonds. The molecule has 0 radical (unpaired) electrons. The third-order valence-electron chi connectivity index (χ3n) is 0.927. The van der Waals surface area contributed by atoms with Gasteiger partial charge in [-0.15, -0.1) is 0 Å². The van der Waals surface area contributed by atoms with Gasteiger partial charge in [-0.2, -0.15) is 0 Å². The highest BCUT2D eigenvalue weighted by Gasteiger charge is 2.16. The van der Waals surface area contributed by atoms with E-state index < -0.39 is 24.1 Å². The number of rotatable bonds is 4. The van der Waals surface area contributed by atoms with E-state index in [4.69, 9.17) is 10.2 Å². The van der Waals surface area contributed by atoms with E-state index >= 15 is 0 Å². The molecule has 0 fully saturated rings. The molecule has 11 heavy (non-hydrogen) atoms. The lowest BCUT2D eigenvalue weighted by atomic mass is 10.2. The number of aliphatic carboxylic acids is 1. The average molecular weight is 159 g/mol. The number of carboxylic acids is 1. The quantitative estimate of drug-likeness (QED) is 0.410. The molecule has 0 aliphatic rings. The fourth-order valence-corrected chi connectivity index (χ4v) is 0.508. The number of nitrogens with zero attached hydrogens (tertiary/aromatic N) is 1. The number of aliphatic hydroxyl groups excluding tert-OH is 1. The largest absolute Gasteiger partial charge is 0.476 e. The Labute approximate surface area is 63.4 Å². The van der Waals surface area contributed by atoms with E-state index in [1.165, 1.54) is 0 Å². The first-order valence-corrected chi connectivity index (χ1v) is 3.05. The second-order valence-corrected chi connectivity index (χ2v) is 1.71. The van der Waals surface area contributed by atoms with Gasteiger partial charge in [-0.1, -0.05) is 0 Å². The molecule has 5 nitrogen and oxygen atoms in total. The number of carbonyl (C=O) groups excluding carboxylic acids is 1. The number of hydrogen-bond donors (Lipinski definition) is 2. The number of ketones is 1. The third-order valence-corrected chi connectivity index (χ3v) is 0.927. The van der Waals surface area contributed by atoms with Crippen molar-refractivity contribution in [2.45, 2.75) is 6.92 Å². The monoisotopic (exact) mass is 159 g/mol.